The molecule has 0 radical (unpaired) electrons. The van der Waals surface area contributed by atoms with Gasteiger partial charge in [0, 0.05) is 12.0 Å². The predicted octanol–water partition coefficient (Wildman–Crippen LogP) is 3.67. The maximum atomic E-state index is 14.2. The summed E-state index contributed by atoms with van der Waals surface area (Å²) in [6.45, 7) is 0. The van der Waals surface area contributed by atoms with Crippen LogP contribution in [-0.2, 0) is 4.79 Å². The van der Waals surface area contributed by atoms with Crippen LogP contribution in [0.4, 0.5) is 8.78 Å². The van der Waals surface area contributed by atoms with E-state index in [1.807, 2.05) is 0 Å². The predicted molar refractivity (Wildman–Crippen MR) is 77.0 cm³/mol. The fraction of sp³-hybridized carbons (Fsp3) is 0.125. The number of oxime groups is 1. The van der Waals surface area contributed by atoms with Gasteiger partial charge >= 0.3 is 5.97 Å². The SMILES string of the molecule is O=C(O)CCC(=NO)c1ccc(-c2cccc(F)c2)cc1F. The van der Waals surface area contributed by atoms with Gasteiger partial charge in [0.15, 0.2) is 0 Å². The van der Waals surface area contributed by atoms with Crippen LogP contribution >= 0.6 is 0 Å². The summed E-state index contributed by atoms with van der Waals surface area (Å²) in [6.07, 6.45) is -0.369. The Balaban J connectivity index is 2.31. The Morgan fingerprint density at radius 2 is 1.77 bits per heavy atom. The van der Waals surface area contributed by atoms with Crippen LogP contribution in [0.3, 0.4) is 0 Å². The number of nitrogens with zero attached hydrogens (tertiary/aromatic N) is 1. The smallest absolute Gasteiger partial charge is 0.303 e. The van der Waals surface area contributed by atoms with Crippen LogP contribution in [0.25, 0.3) is 11.1 Å². The number of rotatable bonds is 5. The summed E-state index contributed by atoms with van der Waals surface area (Å²) in [5.74, 6) is -2.17. The van der Waals surface area contributed by atoms with E-state index < -0.39 is 17.6 Å². The molecule has 4 nitrogen and oxygen atoms in total. The van der Waals surface area contributed by atoms with Gasteiger partial charge in [-0.1, -0.05) is 23.4 Å². The summed E-state index contributed by atoms with van der Waals surface area (Å²) < 4.78 is 27.4. The third-order valence-electron chi connectivity index (χ3n) is 3.13. The molecule has 0 aliphatic rings. The van der Waals surface area contributed by atoms with Crippen molar-refractivity contribution in [1.29, 1.82) is 0 Å². The molecule has 0 saturated heterocycles. The number of benzene rings is 2. The average Bonchev–Trinajstić information content (AvgIpc) is 2.48. The summed E-state index contributed by atoms with van der Waals surface area (Å²) in [6, 6.07) is 9.85. The lowest BCUT2D eigenvalue weighted by Gasteiger charge is -2.08. The summed E-state index contributed by atoms with van der Waals surface area (Å²) in [5, 5.41) is 20.5. The Morgan fingerprint density at radius 3 is 2.36 bits per heavy atom. The van der Waals surface area contributed by atoms with E-state index in [1.165, 1.54) is 30.3 Å². The lowest BCUT2D eigenvalue weighted by Crippen LogP contribution is -2.07. The molecule has 6 heteroatoms. The Hall–Kier alpha value is -2.76. The molecule has 2 aromatic carbocycles. The third kappa shape index (κ3) is 3.66. The van der Waals surface area contributed by atoms with Crippen LogP contribution in [0.5, 0.6) is 0 Å². The van der Waals surface area contributed by atoms with Gasteiger partial charge < -0.3 is 10.3 Å². The topological polar surface area (TPSA) is 69.9 Å². The normalized spacial score (nSPS) is 11.5. The van der Waals surface area contributed by atoms with Crippen molar-refractivity contribution in [3.8, 4) is 11.1 Å². The molecule has 0 fully saturated rings. The van der Waals surface area contributed by atoms with Gasteiger partial charge in [0.05, 0.1) is 12.1 Å². The first-order valence-corrected chi connectivity index (χ1v) is 6.50. The zero-order chi connectivity index (χ0) is 16.1. The number of carboxylic acid groups (broad SMARTS) is 1. The van der Waals surface area contributed by atoms with Gasteiger partial charge in [-0.2, -0.15) is 0 Å². The molecule has 2 N–H and O–H groups in total. The van der Waals surface area contributed by atoms with Crippen LogP contribution in [0.15, 0.2) is 47.6 Å². The van der Waals surface area contributed by atoms with Gasteiger partial charge in [0.2, 0.25) is 0 Å². The van der Waals surface area contributed by atoms with Gasteiger partial charge in [0.25, 0.3) is 0 Å². The summed E-state index contributed by atoms with van der Waals surface area (Å²) in [5.41, 5.74) is 0.948. The average molecular weight is 305 g/mol. The number of halogens is 2. The second kappa shape index (κ2) is 6.80. The van der Waals surface area contributed by atoms with Gasteiger partial charge in [-0.15, -0.1) is 0 Å². The van der Waals surface area contributed by atoms with Gasteiger partial charge in [-0.05, 0) is 35.4 Å². The largest absolute Gasteiger partial charge is 0.481 e. The van der Waals surface area contributed by atoms with E-state index in [4.69, 9.17) is 10.3 Å². The molecule has 0 amide bonds. The van der Waals surface area contributed by atoms with Crippen molar-refractivity contribution in [2.75, 3.05) is 0 Å². The minimum atomic E-state index is -1.07. The number of carboxylic acids is 1. The Labute approximate surface area is 125 Å². The van der Waals surface area contributed by atoms with Crippen LogP contribution < -0.4 is 0 Å². The van der Waals surface area contributed by atoms with E-state index in [0.717, 1.165) is 0 Å². The Bertz CT molecular complexity index is 729. The zero-order valence-corrected chi connectivity index (χ0v) is 11.5. The molecular formula is C16H13F2NO3. The summed E-state index contributed by atoms with van der Waals surface area (Å²) in [4.78, 5) is 10.5. The van der Waals surface area contributed by atoms with E-state index in [0.29, 0.717) is 11.1 Å². The zero-order valence-electron chi connectivity index (χ0n) is 11.5. The molecule has 0 saturated carbocycles. The standard InChI is InChI=1S/C16H13F2NO3/c17-12-3-1-2-10(8-12)11-4-5-13(14(18)9-11)15(19-22)6-7-16(20)21/h1-5,8-9,22H,6-7H2,(H,20,21). The lowest BCUT2D eigenvalue weighted by atomic mass is 9.99. The second-order valence-corrected chi connectivity index (χ2v) is 4.65. The first kappa shape index (κ1) is 15.6. The van der Waals surface area contributed by atoms with Crippen molar-refractivity contribution in [2.45, 2.75) is 12.8 Å². The van der Waals surface area contributed by atoms with E-state index in [1.54, 1.807) is 12.1 Å². The number of carbonyl (C=O) groups is 1. The van der Waals surface area contributed by atoms with Crippen molar-refractivity contribution in [3.63, 3.8) is 0 Å². The van der Waals surface area contributed by atoms with E-state index in [9.17, 15) is 13.6 Å². The number of hydrogen-bond acceptors (Lipinski definition) is 3. The Morgan fingerprint density at radius 1 is 1.05 bits per heavy atom. The molecule has 22 heavy (non-hydrogen) atoms. The molecule has 0 heterocycles. The molecule has 0 aliphatic heterocycles. The third-order valence-corrected chi connectivity index (χ3v) is 3.13. The summed E-state index contributed by atoms with van der Waals surface area (Å²) >= 11 is 0. The molecule has 0 atom stereocenters. The minimum absolute atomic E-state index is 0.0175. The second-order valence-electron chi connectivity index (χ2n) is 4.65. The summed E-state index contributed by atoms with van der Waals surface area (Å²) in [7, 11) is 0. The Kier molecular flexibility index (Phi) is 4.83. The van der Waals surface area contributed by atoms with Crippen molar-refractivity contribution >= 4 is 11.7 Å². The molecule has 2 aromatic rings. The van der Waals surface area contributed by atoms with Crippen molar-refractivity contribution in [1.82, 2.24) is 0 Å². The first-order valence-electron chi connectivity index (χ1n) is 6.50. The number of hydrogen-bond donors (Lipinski definition) is 2. The van der Waals surface area contributed by atoms with E-state index >= 15 is 0 Å². The lowest BCUT2D eigenvalue weighted by molar-refractivity contribution is -0.136. The fourth-order valence-electron chi connectivity index (χ4n) is 2.06. The van der Waals surface area contributed by atoms with Crippen molar-refractivity contribution < 1.29 is 23.9 Å². The highest BCUT2D eigenvalue weighted by molar-refractivity contribution is 6.01. The minimum Gasteiger partial charge on any atom is -0.481 e. The molecule has 2 rings (SSSR count). The molecule has 114 valence electrons. The van der Waals surface area contributed by atoms with E-state index in [-0.39, 0.29) is 24.1 Å². The molecule has 0 aliphatic carbocycles. The van der Waals surface area contributed by atoms with Crippen LogP contribution in [0.2, 0.25) is 0 Å². The van der Waals surface area contributed by atoms with Crippen molar-refractivity contribution in [2.24, 2.45) is 5.16 Å². The highest BCUT2D eigenvalue weighted by Crippen LogP contribution is 2.23. The van der Waals surface area contributed by atoms with E-state index in [2.05, 4.69) is 5.16 Å². The molecular weight excluding hydrogens is 292 g/mol. The van der Waals surface area contributed by atoms with Gasteiger partial charge in [-0.25, -0.2) is 8.78 Å². The number of aliphatic carboxylic acids is 1. The molecule has 0 bridgehead atoms. The van der Waals surface area contributed by atoms with Crippen LogP contribution in [0, 0.1) is 11.6 Å². The molecule has 0 aromatic heterocycles. The first-order chi connectivity index (χ1) is 10.5. The highest BCUT2D eigenvalue weighted by Gasteiger charge is 2.13. The quantitative estimate of drug-likeness (QED) is 0.503. The van der Waals surface area contributed by atoms with Gasteiger partial charge in [-0.3, -0.25) is 4.79 Å². The van der Waals surface area contributed by atoms with Crippen LogP contribution in [-0.4, -0.2) is 22.0 Å². The van der Waals surface area contributed by atoms with Gasteiger partial charge in [0.1, 0.15) is 11.6 Å². The molecule has 0 spiro atoms. The fourth-order valence-corrected chi connectivity index (χ4v) is 2.06. The van der Waals surface area contributed by atoms with Crippen molar-refractivity contribution in [3.05, 3.63) is 59.7 Å². The van der Waals surface area contributed by atoms with Crippen LogP contribution in [0.1, 0.15) is 18.4 Å². The highest BCUT2D eigenvalue weighted by atomic mass is 19.1. The maximum Gasteiger partial charge on any atom is 0.303 e. The monoisotopic (exact) mass is 305 g/mol. The maximum absolute atomic E-state index is 14.2. The molecule has 0 unspecified atom stereocenters.